The molecule has 0 radical (unpaired) electrons. The molecule has 1 aromatic carbocycles. The predicted molar refractivity (Wildman–Crippen MR) is 80.7 cm³/mol. The van der Waals surface area contributed by atoms with E-state index in [0.29, 0.717) is 6.54 Å². The molecule has 3 aromatic rings. The first-order valence-corrected chi connectivity index (χ1v) is 6.88. The number of pyridine rings is 1. The number of aryl methyl sites for hydroxylation is 1. The van der Waals surface area contributed by atoms with Gasteiger partial charge in [0.1, 0.15) is 11.6 Å². The Balaban J connectivity index is 1.92. The lowest BCUT2D eigenvalue weighted by atomic mass is 10.1. The number of halogens is 2. The summed E-state index contributed by atoms with van der Waals surface area (Å²) in [6, 6.07) is 6.70. The maximum absolute atomic E-state index is 13.2. The molecule has 0 bridgehead atoms. The van der Waals surface area contributed by atoms with E-state index in [-0.39, 0.29) is 5.02 Å². The van der Waals surface area contributed by atoms with Gasteiger partial charge in [-0.15, -0.1) is 0 Å². The average Bonchev–Trinajstić information content (AvgIpc) is 2.88. The molecule has 5 heteroatoms. The van der Waals surface area contributed by atoms with Crippen LogP contribution in [0, 0.1) is 12.7 Å². The van der Waals surface area contributed by atoms with Crippen molar-refractivity contribution >= 4 is 11.6 Å². The Labute approximate surface area is 127 Å². The van der Waals surface area contributed by atoms with E-state index in [1.165, 1.54) is 6.07 Å². The Kier molecular flexibility index (Phi) is 3.71. The van der Waals surface area contributed by atoms with Gasteiger partial charge in [0, 0.05) is 30.4 Å². The molecule has 0 amide bonds. The quantitative estimate of drug-likeness (QED) is 0.729. The number of imidazole rings is 1. The van der Waals surface area contributed by atoms with Gasteiger partial charge in [-0.3, -0.25) is 4.98 Å². The van der Waals surface area contributed by atoms with E-state index in [4.69, 9.17) is 11.6 Å². The van der Waals surface area contributed by atoms with Crippen LogP contribution in [0.3, 0.4) is 0 Å². The van der Waals surface area contributed by atoms with E-state index in [2.05, 4.69) is 9.97 Å². The van der Waals surface area contributed by atoms with Gasteiger partial charge in [0.2, 0.25) is 0 Å². The average molecular weight is 302 g/mol. The lowest BCUT2D eigenvalue weighted by Gasteiger charge is -2.08. The van der Waals surface area contributed by atoms with Gasteiger partial charge < -0.3 is 4.57 Å². The normalized spacial score (nSPS) is 10.8. The lowest BCUT2D eigenvalue weighted by Crippen LogP contribution is -2.01. The molecule has 0 aliphatic rings. The van der Waals surface area contributed by atoms with Crippen LogP contribution in [0.15, 0.2) is 49.1 Å². The number of hydrogen-bond acceptors (Lipinski definition) is 2. The third-order valence-corrected chi connectivity index (χ3v) is 3.61. The molecule has 0 saturated carbocycles. The maximum atomic E-state index is 13.2. The summed E-state index contributed by atoms with van der Waals surface area (Å²) in [5.74, 6) is 0.531. The largest absolute Gasteiger partial charge is 0.331 e. The highest BCUT2D eigenvalue weighted by Crippen LogP contribution is 2.25. The van der Waals surface area contributed by atoms with Crippen molar-refractivity contribution in [2.75, 3.05) is 0 Å². The molecule has 0 aliphatic heterocycles. The van der Waals surface area contributed by atoms with Crippen molar-refractivity contribution in [2.45, 2.75) is 13.5 Å². The molecule has 0 unspecified atom stereocenters. The minimum Gasteiger partial charge on any atom is -0.331 e. The first-order valence-electron chi connectivity index (χ1n) is 6.50. The first kappa shape index (κ1) is 13.8. The van der Waals surface area contributed by atoms with Gasteiger partial charge in [0.15, 0.2) is 0 Å². The predicted octanol–water partition coefficient (Wildman–Crippen LogP) is 4.09. The number of benzene rings is 1. The van der Waals surface area contributed by atoms with E-state index >= 15 is 0 Å². The van der Waals surface area contributed by atoms with Gasteiger partial charge in [-0.2, -0.15) is 0 Å². The summed E-state index contributed by atoms with van der Waals surface area (Å²) in [6.07, 6.45) is 7.25. The highest BCUT2D eigenvalue weighted by Gasteiger charge is 2.05. The van der Waals surface area contributed by atoms with Crippen LogP contribution in [-0.4, -0.2) is 14.5 Å². The summed E-state index contributed by atoms with van der Waals surface area (Å²) in [5, 5.41) is 0.114. The standard InChI is InChI=1S/C16H13ClFN3/c1-11-20-4-5-21(11)10-12-6-14(9-19-8-12)13-2-3-16(18)15(17)7-13/h2-9H,10H2,1H3. The van der Waals surface area contributed by atoms with Crippen molar-refractivity contribution in [3.05, 3.63) is 71.3 Å². The Bertz CT molecular complexity index is 783. The second kappa shape index (κ2) is 5.66. The fourth-order valence-corrected chi connectivity index (χ4v) is 2.36. The smallest absolute Gasteiger partial charge is 0.141 e. The van der Waals surface area contributed by atoms with E-state index in [1.807, 2.05) is 30.0 Å². The topological polar surface area (TPSA) is 30.7 Å². The fourth-order valence-electron chi connectivity index (χ4n) is 2.18. The summed E-state index contributed by atoms with van der Waals surface area (Å²) in [7, 11) is 0. The molecular weight excluding hydrogens is 289 g/mol. The molecule has 0 atom stereocenters. The molecule has 3 nitrogen and oxygen atoms in total. The molecule has 0 aliphatic carbocycles. The van der Waals surface area contributed by atoms with Crippen molar-refractivity contribution < 1.29 is 4.39 Å². The number of hydrogen-bond donors (Lipinski definition) is 0. The summed E-state index contributed by atoms with van der Waals surface area (Å²) < 4.78 is 15.3. The minimum atomic E-state index is -0.418. The molecule has 106 valence electrons. The molecule has 0 saturated heterocycles. The lowest BCUT2D eigenvalue weighted by molar-refractivity contribution is 0.628. The molecule has 0 N–H and O–H groups in total. The van der Waals surface area contributed by atoms with Crippen molar-refractivity contribution in [1.82, 2.24) is 14.5 Å². The molecule has 21 heavy (non-hydrogen) atoms. The van der Waals surface area contributed by atoms with Crippen molar-refractivity contribution in [1.29, 1.82) is 0 Å². The summed E-state index contributed by atoms with van der Waals surface area (Å²) in [6.45, 7) is 2.65. The van der Waals surface area contributed by atoms with Crippen LogP contribution in [0.2, 0.25) is 5.02 Å². The monoisotopic (exact) mass is 301 g/mol. The summed E-state index contributed by atoms with van der Waals surface area (Å²) in [5.41, 5.74) is 2.80. The van der Waals surface area contributed by atoms with Crippen molar-refractivity contribution in [2.24, 2.45) is 0 Å². The zero-order chi connectivity index (χ0) is 14.8. The van der Waals surface area contributed by atoms with Gasteiger partial charge in [-0.25, -0.2) is 9.37 Å². The van der Waals surface area contributed by atoms with Crippen LogP contribution in [0.5, 0.6) is 0 Å². The van der Waals surface area contributed by atoms with E-state index in [0.717, 1.165) is 22.5 Å². The second-order valence-corrected chi connectivity index (χ2v) is 5.22. The van der Waals surface area contributed by atoms with Crippen LogP contribution in [0.25, 0.3) is 11.1 Å². The Morgan fingerprint density at radius 2 is 2.05 bits per heavy atom. The molecule has 2 aromatic heterocycles. The molecule has 3 rings (SSSR count). The van der Waals surface area contributed by atoms with Gasteiger partial charge >= 0.3 is 0 Å². The Morgan fingerprint density at radius 1 is 1.19 bits per heavy atom. The van der Waals surface area contributed by atoms with Gasteiger partial charge in [0.05, 0.1) is 11.6 Å². The zero-order valence-electron chi connectivity index (χ0n) is 11.4. The number of rotatable bonds is 3. The van der Waals surface area contributed by atoms with Crippen LogP contribution < -0.4 is 0 Å². The Hall–Kier alpha value is -2.20. The van der Waals surface area contributed by atoms with Crippen LogP contribution in [0.4, 0.5) is 4.39 Å². The van der Waals surface area contributed by atoms with Gasteiger partial charge in [-0.05, 0) is 36.2 Å². The Morgan fingerprint density at radius 3 is 2.76 bits per heavy atom. The molecule has 0 fully saturated rings. The van der Waals surface area contributed by atoms with Gasteiger partial charge in [0.25, 0.3) is 0 Å². The third kappa shape index (κ3) is 2.95. The number of aromatic nitrogens is 3. The highest BCUT2D eigenvalue weighted by molar-refractivity contribution is 6.31. The minimum absolute atomic E-state index is 0.114. The number of nitrogens with zero attached hydrogens (tertiary/aromatic N) is 3. The van der Waals surface area contributed by atoms with Crippen LogP contribution in [-0.2, 0) is 6.54 Å². The molecule has 0 spiro atoms. The van der Waals surface area contributed by atoms with Crippen molar-refractivity contribution in [3.63, 3.8) is 0 Å². The van der Waals surface area contributed by atoms with Crippen LogP contribution >= 0.6 is 11.6 Å². The fraction of sp³-hybridized carbons (Fsp3) is 0.125. The highest BCUT2D eigenvalue weighted by atomic mass is 35.5. The zero-order valence-corrected chi connectivity index (χ0v) is 12.2. The molecular formula is C16H13ClFN3. The van der Waals surface area contributed by atoms with E-state index in [1.54, 1.807) is 24.5 Å². The first-order chi connectivity index (χ1) is 10.1. The van der Waals surface area contributed by atoms with Crippen LogP contribution in [0.1, 0.15) is 11.4 Å². The van der Waals surface area contributed by atoms with Crippen molar-refractivity contribution in [3.8, 4) is 11.1 Å². The van der Waals surface area contributed by atoms with E-state index in [9.17, 15) is 4.39 Å². The summed E-state index contributed by atoms with van der Waals surface area (Å²) >= 11 is 5.83. The summed E-state index contributed by atoms with van der Waals surface area (Å²) in [4.78, 5) is 8.45. The molecule has 2 heterocycles. The van der Waals surface area contributed by atoms with Gasteiger partial charge in [-0.1, -0.05) is 17.7 Å². The second-order valence-electron chi connectivity index (χ2n) is 4.81. The third-order valence-electron chi connectivity index (χ3n) is 3.32. The maximum Gasteiger partial charge on any atom is 0.141 e. The SMILES string of the molecule is Cc1nccn1Cc1cncc(-c2ccc(F)c(Cl)c2)c1. The van der Waals surface area contributed by atoms with E-state index < -0.39 is 5.82 Å².